The van der Waals surface area contributed by atoms with Gasteiger partial charge in [-0.3, -0.25) is 5.10 Å². The monoisotopic (exact) mass is 329 g/mol. The van der Waals surface area contributed by atoms with Crippen LogP contribution in [0.15, 0.2) is 46.5 Å². The van der Waals surface area contributed by atoms with E-state index in [1.54, 1.807) is 13.1 Å². The average Bonchev–Trinajstić information content (AvgIpc) is 2.91. The van der Waals surface area contributed by atoms with Crippen molar-refractivity contribution in [2.75, 3.05) is 6.26 Å². The molecule has 1 aromatic carbocycles. The number of aromatic amines is 1. The minimum atomic E-state index is -3.73. The lowest BCUT2D eigenvalue weighted by Crippen LogP contribution is -2.26. The number of sulfonamides is 1. The van der Waals surface area contributed by atoms with Crippen LogP contribution in [0.4, 0.5) is 0 Å². The highest BCUT2D eigenvalue weighted by Crippen LogP contribution is 2.17. The second-order valence-electron chi connectivity index (χ2n) is 4.62. The Morgan fingerprint density at radius 3 is 2.14 bits per heavy atom. The van der Waals surface area contributed by atoms with E-state index in [4.69, 9.17) is 0 Å². The zero-order valence-electron chi connectivity index (χ0n) is 11.4. The Balaban J connectivity index is 2.24. The van der Waals surface area contributed by atoms with Crippen LogP contribution in [0.5, 0.6) is 0 Å². The first-order chi connectivity index (χ1) is 9.70. The van der Waals surface area contributed by atoms with Gasteiger partial charge in [0.1, 0.15) is 0 Å². The molecule has 0 aliphatic carbocycles. The normalized spacial score (nSPS) is 14.0. The number of rotatable bonds is 5. The molecule has 9 heteroatoms. The molecule has 1 aromatic heterocycles. The third-order valence-corrected chi connectivity index (χ3v) is 5.60. The fourth-order valence-electron chi connectivity index (χ4n) is 1.73. The standard InChI is InChI=1S/C12H15N3O4S2/c1-9(10-7-13-14-8-10)15-21(18,19)12-5-3-11(4-6-12)20(2,16)17/h3-9,15H,1-2H3,(H,13,14). The summed E-state index contributed by atoms with van der Waals surface area (Å²) in [6, 6.07) is 4.61. The molecule has 7 nitrogen and oxygen atoms in total. The summed E-state index contributed by atoms with van der Waals surface area (Å²) >= 11 is 0. The van der Waals surface area contributed by atoms with E-state index in [0.29, 0.717) is 5.56 Å². The summed E-state index contributed by atoms with van der Waals surface area (Å²) in [5, 5.41) is 6.37. The highest BCUT2D eigenvalue weighted by molar-refractivity contribution is 7.90. The summed E-state index contributed by atoms with van der Waals surface area (Å²) in [5.41, 5.74) is 0.700. The first-order valence-electron chi connectivity index (χ1n) is 6.01. The van der Waals surface area contributed by atoms with E-state index in [-0.39, 0.29) is 9.79 Å². The molecule has 2 N–H and O–H groups in total. The van der Waals surface area contributed by atoms with Crippen molar-refractivity contribution < 1.29 is 16.8 Å². The number of sulfone groups is 1. The fraction of sp³-hybridized carbons (Fsp3) is 0.250. The predicted octanol–water partition coefficient (Wildman–Crippen LogP) is 0.853. The summed E-state index contributed by atoms with van der Waals surface area (Å²) in [6.45, 7) is 1.69. The molecule has 0 aliphatic rings. The number of nitrogens with one attached hydrogen (secondary N) is 2. The van der Waals surface area contributed by atoms with Crippen LogP contribution >= 0.6 is 0 Å². The van der Waals surface area contributed by atoms with Gasteiger partial charge in [0.15, 0.2) is 9.84 Å². The van der Waals surface area contributed by atoms with Gasteiger partial charge in [0, 0.05) is 24.1 Å². The predicted molar refractivity (Wildman–Crippen MR) is 76.9 cm³/mol. The van der Waals surface area contributed by atoms with E-state index >= 15 is 0 Å². The second kappa shape index (κ2) is 5.58. The number of hydrogen-bond donors (Lipinski definition) is 2. The van der Waals surface area contributed by atoms with Crippen LogP contribution in [0.3, 0.4) is 0 Å². The third-order valence-electron chi connectivity index (χ3n) is 2.91. The van der Waals surface area contributed by atoms with Gasteiger partial charge in [-0.05, 0) is 31.2 Å². The number of aromatic nitrogens is 2. The quantitative estimate of drug-likeness (QED) is 0.845. The maximum atomic E-state index is 12.2. The van der Waals surface area contributed by atoms with Crippen molar-refractivity contribution in [3.63, 3.8) is 0 Å². The molecule has 114 valence electrons. The SMILES string of the molecule is CC(NS(=O)(=O)c1ccc(S(C)(=O)=O)cc1)c1cn[nH]c1. The van der Waals surface area contributed by atoms with Crippen molar-refractivity contribution in [1.29, 1.82) is 0 Å². The van der Waals surface area contributed by atoms with E-state index in [2.05, 4.69) is 14.9 Å². The van der Waals surface area contributed by atoms with E-state index in [1.807, 2.05) is 0 Å². The van der Waals surface area contributed by atoms with Gasteiger partial charge >= 0.3 is 0 Å². The van der Waals surface area contributed by atoms with E-state index in [9.17, 15) is 16.8 Å². The zero-order valence-corrected chi connectivity index (χ0v) is 13.1. The maximum absolute atomic E-state index is 12.2. The number of nitrogens with zero attached hydrogens (tertiary/aromatic N) is 1. The minimum Gasteiger partial charge on any atom is -0.285 e. The van der Waals surface area contributed by atoms with E-state index in [1.165, 1.54) is 30.5 Å². The van der Waals surface area contributed by atoms with Gasteiger partial charge in [-0.1, -0.05) is 0 Å². The summed E-state index contributed by atoms with van der Waals surface area (Å²) in [4.78, 5) is 0.0783. The Bertz CT molecular complexity index is 810. The molecule has 0 spiro atoms. The first-order valence-corrected chi connectivity index (χ1v) is 9.39. The number of benzene rings is 1. The lowest BCUT2D eigenvalue weighted by Gasteiger charge is -2.12. The molecule has 1 atom stereocenters. The van der Waals surface area contributed by atoms with Gasteiger partial charge < -0.3 is 0 Å². The molecule has 0 saturated heterocycles. The van der Waals surface area contributed by atoms with Crippen LogP contribution < -0.4 is 4.72 Å². The van der Waals surface area contributed by atoms with Gasteiger partial charge in [0.05, 0.1) is 16.0 Å². The second-order valence-corrected chi connectivity index (χ2v) is 8.35. The van der Waals surface area contributed by atoms with E-state index in [0.717, 1.165) is 6.26 Å². The van der Waals surface area contributed by atoms with Crippen molar-refractivity contribution in [3.8, 4) is 0 Å². The molecule has 0 fully saturated rings. The summed E-state index contributed by atoms with van der Waals surface area (Å²) in [5.74, 6) is 0. The molecule has 0 amide bonds. The Kier molecular flexibility index (Phi) is 4.17. The van der Waals surface area contributed by atoms with Gasteiger partial charge in [-0.15, -0.1) is 0 Å². The molecule has 0 bridgehead atoms. The Labute approximate surface area is 123 Å². The smallest absolute Gasteiger partial charge is 0.241 e. The Hall–Kier alpha value is -1.71. The molecule has 2 aromatic rings. The van der Waals surface area contributed by atoms with Crippen molar-refractivity contribution in [1.82, 2.24) is 14.9 Å². The van der Waals surface area contributed by atoms with Crippen molar-refractivity contribution in [2.45, 2.75) is 22.8 Å². The maximum Gasteiger partial charge on any atom is 0.241 e. The Morgan fingerprint density at radius 1 is 1.10 bits per heavy atom. The van der Waals surface area contributed by atoms with Crippen molar-refractivity contribution in [2.24, 2.45) is 0 Å². The zero-order chi connectivity index (χ0) is 15.7. The van der Waals surface area contributed by atoms with Crippen molar-refractivity contribution >= 4 is 19.9 Å². The minimum absolute atomic E-state index is 0.00486. The molecular formula is C12H15N3O4S2. The molecule has 0 aliphatic heterocycles. The molecule has 21 heavy (non-hydrogen) atoms. The molecule has 0 saturated carbocycles. The molecular weight excluding hydrogens is 314 g/mol. The van der Waals surface area contributed by atoms with Crippen LogP contribution in [-0.2, 0) is 19.9 Å². The molecule has 2 rings (SSSR count). The number of hydrogen-bond acceptors (Lipinski definition) is 5. The number of H-pyrrole nitrogens is 1. The largest absolute Gasteiger partial charge is 0.285 e. The van der Waals surface area contributed by atoms with Crippen LogP contribution in [0.1, 0.15) is 18.5 Å². The molecule has 1 heterocycles. The van der Waals surface area contributed by atoms with Crippen LogP contribution in [0, 0.1) is 0 Å². The van der Waals surface area contributed by atoms with Gasteiger partial charge in [-0.2, -0.15) is 5.10 Å². The lowest BCUT2D eigenvalue weighted by atomic mass is 10.2. The average molecular weight is 329 g/mol. The van der Waals surface area contributed by atoms with Crippen LogP contribution in [0.2, 0.25) is 0 Å². The van der Waals surface area contributed by atoms with Gasteiger partial charge in [0.25, 0.3) is 0 Å². The summed E-state index contributed by atoms with van der Waals surface area (Å²) in [7, 11) is -7.09. The van der Waals surface area contributed by atoms with Gasteiger partial charge in [0.2, 0.25) is 10.0 Å². The van der Waals surface area contributed by atoms with Crippen LogP contribution in [-0.4, -0.2) is 33.3 Å². The molecule has 1 unspecified atom stereocenters. The first kappa shape index (κ1) is 15.7. The topological polar surface area (TPSA) is 109 Å². The summed E-state index contributed by atoms with van der Waals surface area (Å²) in [6.07, 6.45) is 4.19. The van der Waals surface area contributed by atoms with Crippen LogP contribution in [0.25, 0.3) is 0 Å². The van der Waals surface area contributed by atoms with E-state index < -0.39 is 25.9 Å². The highest BCUT2D eigenvalue weighted by Gasteiger charge is 2.19. The Morgan fingerprint density at radius 2 is 1.67 bits per heavy atom. The fourth-order valence-corrected chi connectivity index (χ4v) is 3.59. The van der Waals surface area contributed by atoms with Gasteiger partial charge in [-0.25, -0.2) is 21.6 Å². The molecule has 0 radical (unpaired) electrons. The van der Waals surface area contributed by atoms with Crippen molar-refractivity contribution in [3.05, 3.63) is 42.2 Å². The lowest BCUT2D eigenvalue weighted by molar-refractivity contribution is 0.566. The summed E-state index contributed by atoms with van der Waals surface area (Å²) < 4.78 is 49.6. The highest BCUT2D eigenvalue weighted by atomic mass is 32.2. The third kappa shape index (κ3) is 3.69.